The molecule has 1 saturated heterocycles. The van der Waals surface area contributed by atoms with Gasteiger partial charge >= 0.3 is 0 Å². The van der Waals surface area contributed by atoms with Crippen molar-refractivity contribution in [2.24, 2.45) is 0 Å². The Bertz CT molecular complexity index is 354. The maximum Gasteiger partial charge on any atom is 0.139 e. The van der Waals surface area contributed by atoms with Crippen molar-refractivity contribution < 1.29 is 5.21 Å². The van der Waals surface area contributed by atoms with Crippen LogP contribution in [0.3, 0.4) is 0 Å². The average Bonchev–Trinajstić information content (AvgIpc) is 2.73. The van der Waals surface area contributed by atoms with Crippen LogP contribution >= 0.6 is 0 Å². The molecule has 0 unspecified atom stereocenters. The molecule has 0 amide bonds. The molecule has 1 aromatic rings. The molecule has 1 aliphatic rings. The molecule has 2 rings (SSSR count). The first-order chi connectivity index (χ1) is 7.30. The van der Waals surface area contributed by atoms with Crippen LogP contribution in [-0.2, 0) is 5.21 Å². The number of aromatic nitrogens is 2. The minimum absolute atomic E-state index is 0.392. The summed E-state index contributed by atoms with van der Waals surface area (Å²) in [5.41, 5.74) is -1.52. The standard InChI is InChI=1S/C10H16N4O2/c1-9(2)10(3,4)14(16)8(13(9)15)7-11-5-6-12-7/h5-6,8H,1-4H3,(H,11,12)/q-1. The zero-order valence-electron chi connectivity index (χ0n) is 9.89. The van der Waals surface area contributed by atoms with Gasteiger partial charge in [0.25, 0.3) is 0 Å². The SMILES string of the molecule is CC1(C)N([O])C(c2ncc[nH]2)N([O-])C1(C)C. The average molecular weight is 224 g/mol. The monoisotopic (exact) mass is 224 g/mol. The molecule has 1 aliphatic heterocycles. The van der Waals surface area contributed by atoms with Crippen LogP contribution < -0.4 is 0 Å². The summed E-state index contributed by atoms with van der Waals surface area (Å²) in [4.78, 5) is 6.81. The lowest BCUT2D eigenvalue weighted by Crippen LogP contribution is -2.51. The van der Waals surface area contributed by atoms with Crippen molar-refractivity contribution in [3.05, 3.63) is 23.4 Å². The van der Waals surface area contributed by atoms with Gasteiger partial charge in [0.1, 0.15) is 12.0 Å². The molecule has 1 fully saturated rings. The van der Waals surface area contributed by atoms with Gasteiger partial charge in [-0.1, -0.05) is 0 Å². The number of aromatic amines is 1. The van der Waals surface area contributed by atoms with Gasteiger partial charge in [0, 0.05) is 17.9 Å². The van der Waals surface area contributed by atoms with Crippen molar-refractivity contribution >= 4 is 0 Å². The van der Waals surface area contributed by atoms with Gasteiger partial charge in [-0.15, -0.1) is 10.3 Å². The fourth-order valence-corrected chi connectivity index (χ4v) is 1.89. The van der Waals surface area contributed by atoms with Gasteiger partial charge in [-0.05, 0) is 27.7 Å². The predicted molar refractivity (Wildman–Crippen MR) is 57.2 cm³/mol. The molecule has 0 atom stereocenters. The molecule has 0 aliphatic carbocycles. The molecule has 16 heavy (non-hydrogen) atoms. The maximum atomic E-state index is 12.2. The number of H-pyrrole nitrogens is 1. The third-order valence-corrected chi connectivity index (χ3v) is 3.81. The topological polar surface area (TPSA) is 78.1 Å². The molecule has 1 aromatic heterocycles. The molecular formula is C10H16N4O2-. The van der Waals surface area contributed by atoms with Crippen LogP contribution in [0.15, 0.2) is 12.4 Å². The Morgan fingerprint density at radius 2 is 2.00 bits per heavy atom. The summed E-state index contributed by atoms with van der Waals surface area (Å²) < 4.78 is 0. The van der Waals surface area contributed by atoms with E-state index in [1.54, 1.807) is 33.9 Å². The van der Waals surface area contributed by atoms with Crippen LogP contribution in [0.4, 0.5) is 0 Å². The van der Waals surface area contributed by atoms with E-state index < -0.39 is 17.2 Å². The molecule has 1 radical (unpaired) electrons. The molecule has 6 heteroatoms. The van der Waals surface area contributed by atoms with Crippen LogP contribution in [0, 0.1) is 5.21 Å². The quantitative estimate of drug-likeness (QED) is 0.782. The van der Waals surface area contributed by atoms with Crippen LogP contribution in [0.25, 0.3) is 0 Å². The minimum atomic E-state index is -0.889. The number of imidazole rings is 1. The lowest BCUT2D eigenvalue weighted by molar-refractivity contribution is -0.233. The summed E-state index contributed by atoms with van der Waals surface area (Å²) in [5.74, 6) is 0.392. The first kappa shape index (κ1) is 11.5. The van der Waals surface area contributed by atoms with Crippen LogP contribution in [0.5, 0.6) is 0 Å². The van der Waals surface area contributed by atoms with Gasteiger partial charge in [-0.3, -0.25) is 0 Å². The molecule has 6 nitrogen and oxygen atoms in total. The second-order valence-corrected chi connectivity index (χ2v) is 5.12. The second-order valence-electron chi connectivity index (χ2n) is 5.12. The molecule has 1 N–H and O–H groups in total. The van der Waals surface area contributed by atoms with Gasteiger partial charge in [-0.25, -0.2) is 4.98 Å². The Morgan fingerprint density at radius 1 is 1.38 bits per heavy atom. The molecule has 2 heterocycles. The Balaban J connectivity index is 2.44. The highest BCUT2D eigenvalue weighted by Crippen LogP contribution is 2.47. The fraction of sp³-hybridized carbons (Fsp3) is 0.700. The van der Waals surface area contributed by atoms with Gasteiger partial charge in [-0.2, -0.15) is 0 Å². The number of nitrogens with one attached hydrogen (secondary N) is 1. The van der Waals surface area contributed by atoms with Crippen molar-refractivity contribution in [3.63, 3.8) is 0 Å². The predicted octanol–water partition coefficient (Wildman–Crippen LogP) is 1.43. The Kier molecular flexibility index (Phi) is 2.36. The minimum Gasteiger partial charge on any atom is -0.783 e. The summed E-state index contributed by atoms with van der Waals surface area (Å²) >= 11 is 0. The zero-order valence-corrected chi connectivity index (χ0v) is 9.89. The summed E-state index contributed by atoms with van der Waals surface area (Å²) in [6.45, 7) is 7.09. The lowest BCUT2D eigenvalue weighted by atomic mass is 9.84. The van der Waals surface area contributed by atoms with Crippen molar-refractivity contribution in [3.8, 4) is 0 Å². The van der Waals surface area contributed by atoms with Crippen LogP contribution in [0.1, 0.15) is 39.7 Å². The Labute approximate surface area is 94.4 Å². The van der Waals surface area contributed by atoms with Crippen molar-refractivity contribution in [2.75, 3.05) is 0 Å². The largest absolute Gasteiger partial charge is 0.783 e. The zero-order chi connectivity index (χ0) is 12.1. The Hall–Kier alpha value is -0.950. The first-order valence-electron chi connectivity index (χ1n) is 5.22. The molecule has 0 aromatic carbocycles. The highest BCUT2D eigenvalue weighted by atomic mass is 16.6. The molecule has 89 valence electrons. The molecule has 0 spiro atoms. The number of rotatable bonds is 1. The van der Waals surface area contributed by atoms with Gasteiger partial charge in [0.05, 0.1) is 5.54 Å². The van der Waals surface area contributed by atoms with Gasteiger partial charge in [0.2, 0.25) is 0 Å². The summed E-state index contributed by atoms with van der Waals surface area (Å²) in [6.07, 6.45) is 2.25. The van der Waals surface area contributed by atoms with Crippen molar-refractivity contribution in [1.82, 2.24) is 20.1 Å². The van der Waals surface area contributed by atoms with Gasteiger partial charge < -0.3 is 15.3 Å². The highest BCUT2D eigenvalue weighted by molar-refractivity contribution is 5.13. The third kappa shape index (κ3) is 1.24. The first-order valence-corrected chi connectivity index (χ1v) is 5.22. The van der Waals surface area contributed by atoms with Crippen molar-refractivity contribution in [2.45, 2.75) is 44.9 Å². The second kappa shape index (κ2) is 3.27. The van der Waals surface area contributed by atoms with Crippen molar-refractivity contribution in [1.29, 1.82) is 0 Å². The fourth-order valence-electron chi connectivity index (χ4n) is 1.89. The molecule has 0 bridgehead atoms. The number of hydroxylamine groups is 4. The number of nitrogens with zero attached hydrogens (tertiary/aromatic N) is 3. The van der Waals surface area contributed by atoms with E-state index in [-0.39, 0.29) is 0 Å². The smallest absolute Gasteiger partial charge is 0.139 e. The summed E-state index contributed by atoms with van der Waals surface area (Å²) in [6, 6.07) is 0. The number of hydrogen-bond donors (Lipinski definition) is 1. The normalized spacial score (nSPS) is 29.8. The van der Waals surface area contributed by atoms with E-state index in [1.165, 1.54) is 6.20 Å². The van der Waals surface area contributed by atoms with E-state index >= 15 is 0 Å². The molecule has 0 saturated carbocycles. The summed E-state index contributed by atoms with van der Waals surface area (Å²) in [7, 11) is 0. The lowest BCUT2D eigenvalue weighted by Gasteiger charge is -2.44. The van der Waals surface area contributed by atoms with E-state index in [0.29, 0.717) is 5.82 Å². The highest BCUT2D eigenvalue weighted by Gasteiger charge is 2.55. The van der Waals surface area contributed by atoms with E-state index in [4.69, 9.17) is 0 Å². The Morgan fingerprint density at radius 3 is 2.38 bits per heavy atom. The summed E-state index contributed by atoms with van der Waals surface area (Å²) in [5, 5.41) is 26.0. The third-order valence-electron chi connectivity index (χ3n) is 3.81. The number of hydrogen-bond acceptors (Lipinski definition) is 4. The van der Waals surface area contributed by atoms with Crippen LogP contribution in [0.2, 0.25) is 0 Å². The molecular weight excluding hydrogens is 208 g/mol. The van der Waals surface area contributed by atoms with Gasteiger partial charge in [0.15, 0.2) is 0 Å². The van der Waals surface area contributed by atoms with Crippen LogP contribution in [-0.4, -0.2) is 31.2 Å². The van der Waals surface area contributed by atoms with E-state index in [2.05, 4.69) is 9.97 Å². The van der Waals surface area contributed by atoms with E-state index in [1.807, 2.05) is 0 Å². The maximum absolute atomic E-state index is 12.2. The van der Waals surface area contributed by atoms with E-state index in [0.717, 1.165) is 10.1 Å². The van der Waals surface area contributed by atoms with E-state index in [9.17, 15) is 10.4 Å².